The lowest BCUT2D eigenvalue weighted by Gasteiger charge is -2.29. The molecule has 0 bridgehead atoms. The molecule has 210 valence electrons. The molecule has 0 radical (unpaired) electrons. The lowest BCUT2D eigenvalue weighted by Crippen LogP contribution is -2.39. The molecule has 1 aromatic heterocycles. The fraction of sp³-hybridized carbons (Fsp3) is 0.312. The van der Waals surface area contributed by atoms with Crippen molar-refractivity contribution in [2.75, 3.05) is 53.8 Å². The quantitative estimate of drug-likeness (QED) is 0.347. The number of carbonyl (C=O) groups is 1. The van der Waals surface area contributed by atoms with Crippen molar-refractivity contribution in [3.05, 3.63) is 76.4 Å². The van der Waals surface area contributed by atoms with E-state index in [-0.39, 0.29) is 0 Å². The zero-order valence-electron chi connectivity index (χ0n) is 24.2. The van der Waals surface area contributed by atoms with Gasteiger partial charge in [0.15, 0.2) is 0 Å². The van der Waals surface area contributed by atoms with Crippen LogP contribution in [0.4, 0.5) is 10.5 Å². The fourth-order valence-electron chi connectivity index (χ4n) is 5.27. The molecule has 1 fully saturated rings. The molecule has 8 nitrogen and oxygen atoms in total. The number of amidine groups is 1. The smallest absolute Gasteiger partial charge is 0.411 e. The van der Waals surface area contributed by atoms with Crippen molar-refractivity contribution >= 4 is 35.8 Å². The highest BCUT2D eigenvalue weighted by atomic mass is 16.5. The molecule has 0 saturated carbocycles. The normalized spacial score (nSPS) is 16.8. The van der Waals surface area contributed by atoms with E-state index in [1.807, 2.05) is 49.5 Å². The second kappa shape index (κ2) is 12.7. The number of amides is 1. The minimum atomic E-state index is -0.527. The number of hydrogen-bond acceptors (Lipinski definition) is 5. The van der Waals surface area contributed by atoms with Crippen LogP contribution in [0, 0.1) is 0 Å². The SMILES string of the molecule is C=c1[nH]cc(-c2ccccc2OC)/c1=C/C(=C\C)c1ccc(NC(=O)OC)c(C(=NC)N(C)C2CCN(C)C2)c1. The van der Waals surface area contributed by atoms with Gasteiger partial charge in [-0.15, -0.1) is 0 Å². The van der Waals surface area contributed by atoms with E-state index in [9.17, 15) is 4.79 Å². The molecular weight excluding hydrogens is 502 g/mol. The third kappa shape index (κ3) is 5.97. The average molecular weight is 542 g/mol. The third-order valence-corrected chi connectivity index (χ3v) is 7.49. The van der Waals surface area contributed by atoms with Crippen molar-refractivity contribution in [1.82, 2.24) is 14.8 Å². The summed E-state index contributed by atoms with van der Waals surface area (Å²) >= 11 is 0. The molecule has 1 unspecified atom stereocenters. The van der Waals surface area contributed by atoms with E-state index in [4.69, 9.17) is 9.47 Å². The Morgan fingerprint density at radius 1 is 1.23 bits per heavy atom. The summed E-state index contributed by atoms with van der Waals surface area (Å²) in [5.74, 6) is 1.60. The Hall–Kier alpha value is -4.30. The summed E-state index contributed by atoms with van der Waals surface area (Å²) in [7, 11) is 9.02. The van der Waals surface area contributed by atoms with Crippen LogP contribution < -0.4 is 20.6 Å². The maximum absolute atomic E-state index is 12.2. The molecule has 1 saturated heterocycles. The van der Waals surface area contributed by atoms with Gasteiger partial charge >= 0.3 is 6.09 Å². The maximum Gasteiger partial charge on any atom is 0.411 e. The van der Waals surface area contributed by atoms with Crippen molar-refractivity contribution in [3.63, 3.8) is 0 Å². The molecule has 2 aromatic carbocycles. The van der Waals surface area contributed by atoms with Crippen LogP contribution in [-0.2, 0) is 4.74 Å². The van der Waals surface area contributed by atoms with Crippen LogP contribution in [-0.4, -0.2) is 81.2 Å². The van der Waals surface area contributed by atoms with Crippen LogP contribution >= 0.6 is 0 Å². The van der Waals surface area contributed by atoms with Crippen LogP contribution in [0.5, 0.6) is 5.75 Å². The van der Waals surface area contributed by atoms with E-state index in [1.54, 1.807) is 14.2 Å². The number of H-pyrrole nitrogens is 1. The zero-order valence-corrected chi connectivity index (χ0v) is 24.2. The van der Waals surface area contributed by atoms with Gasteiger partial charge in [0.05, 0.1) is 19.9 Å². The number of methoxy groups -OCH3 is 2. The Balaban J connectivity index is 1.82. The number of likely N-dealkylation sites (N-methyl/N-ethyl adjacent to an activating group) is 2. The number of anilines is 1. The second-order valence-corrected chi connectivity index (χ2v) is 9.92. The largest absolute Gasteiger partial charge is 0.496 e. The van der Waals surface area contributed by atoms with Crippen molar-refractivity contribution in [2.45, 2.75) is 19.4 Å². The highest BCUT2D eigenvalue weighted by molar-refractivity contribution is 6.07. The van der Waals surface area contributed by atoms with Crippen molar-refractivity contribution in [1.29, 1.82) is 0 Å². The van der Waals surface area contributed by atoms with Gasteiger partial charge in [0, 0.05) is 60.1 Å². The van der Waals surface area contributed by atoms with Gasteiger partial charge in [0.25, 0.3) is 0 Å². The summed E-state index contributed by atoms with van der Waals surface area (Å²) in [6, 6.07) is 14.2. The summed E-state index contributed by atoms with van der Waals surface area (Å²) in [6.07, 6.45) is 6.68. The molecule has 0 aliphatic carbocycles. The van der Waals surface area contributed by atoms with Gasteiger partial charge in [-0.25, -0.2) is 4.79 Å². The molecular formula is C32H39N5O3. The summed E-state index contributed by atoms with van der Waals surface area (Å²) in [5.41, 5.74) is 5.44. The fourth-order valence-corrected chi connectivity index (χ4v) is 5.27. The number of aromatic amines is 1. The lowest BCUT2D eigenvalue weighted by molar-refractivity contribution is 0.187. The second-order valence-electron chi connectivity index (χ2n) is 9.92. The van der Waals surface area contributed by atoms with Gasteiger partial charge in [-0.05, 0) is 62.3 Å². The number of nitrogens with one attached hydrogen (secondary N) is 2. The number of rotatable bonds is 7. The van der Waals surface area contributed by atoms with Gasteiger partial charge in [-0.2, -0.15) is 0 Å². The van der Waals surface area contributed by atoms with Gasteiger partial charge in [0.2, 0.25) is 0 Å². The Bertz CT molecular complexity index is 1540. The number of likely N-dealkylation sites (tertiary alicyclic amines) is 1. The molecule has 1 amide bonds. The predicted molar refractivity (Wildman–Crippen MR) is 164 cm³/mol. The van der Waals surface area contributed by atoms with Crippen LogP contribution in [0.15, 0.2) is 59.7 Å². The van der Waals surface area contributed by atoms with Crippen LogP contribution in [0.2, 0.25) is 0 Å². The van der Waals surface area contributed by atoms with Crippen molar-refractivity contribution in [3.8, 4) is 16.9 Å². The maximum atomic E-state index is 12.2. The highest BCUT2D eigenvalue weighted by Gasteiger charge is 2.27. The van der Waals surface area contributed by atoms with E-state index in [2.05, 4.69) is 64.0 Å². The Morgan fingerprint density at radius 2 is 2.00 bits per heavy atom. The number of ether oxygens (including phenoxy) is 2. The first-order valence-corrected chi connectivity index (χ1v) is 13.4. The van der Waals surface area contributed by atoms with E-state index in [0.29, 0.717) is 11.7 Å². The monoisotopic (exact) mass is 541 g/mol. The zero-order chi connectivity index (χ0) is 28.8. The molecule has 1 aliphatic rings. The summed E-state index contributed by atoms with van der Waals surface area (Å²) in [4.78, 5) is 24.7. The number of aliphatic imine (C=N–C) groups is 1. The van der Waals surface area contributed by atoms with E-state index >= 15 is 0 Å². The molecule has 3 aromatic rings. The lowest BCUT2D eigenvalue weighted by atomic mass is 9.98. The first-order chi connectivity index (χ1) is 19.3. The Labute approximate surface area is 236 Å². The molecule has 8 heteroatoms. The topological polar surface area (TPSA) is 82.2 Å². The summed E-state index contributed by atoms with van der Waals surface area (Å²) in [5, 5.41) is 4.66. The van der Waals surface area contributed by atoms with E-state index in [0.717, 1.165) is 69.5 Å². The van der Waals surface area contributed by atoms with Gasteiger partial charge < -0.3 is 24.3 Å². The number of allylic oxidation sites excluding steroid dienone is 2. The average Bonchev–Trinajstić information content (AvgIpc) is 3.57. The van der Waals surface area contributed by atoms with E-state index in [1.165, 1.54) is 7.11 Å². The molecule has 4 rings (SSSR count). The van der Waals surface area contributed by atoms with Gasteiger partial charge in [0.1, 0.15) is 11.6 Å². The molecule has 1 atom stereocenters. The molecule has 40 heavy (non-hydrogen) atoms. The number of benzene rings is 2. The number of carbonyl (C=O) groups excluding carboxylic acids is 1. The van der Waals surface area contributed by atoms with Crippen LogP contribution in [0.25, 0.3) is 29.4 Å². The number of hydrogen-bond donors (Lipinski definition) is 2. The number of para-hydroxylation sites is 1. The first-order valence-electron chi connectivity index (χ1n) is 13.4. The minimum Gasteiger partial charge on any atom is -0.496 e. The Kier molecular flexibility index (Phi) is 9.11. The standard InChI is InChI=1S/C32H39N5O3/c1-8-22(17-26-21(2)34-19-28(26)25-11-9-10-12-30(25)39-6)23-13-14-29(35-32(38)40-7)27(18-23)31(33-3)37(5)24-15-16-36(4)20-24/h8-14,17-19,24,34H,2,15-16,20H2,1,3-7H3,(H,35,38)/b22-8+,26-17+,33-31?. The molecule has 2 N–H and O–H groups in total. The third-order valence-electron chi connectivity index (χ3n) is 7.49. The highest BCUT2D eigenvalue weighted by Crippen LogP contribution is 2.29. The van der Waals surface area contributed by atoms with Crippen LogP contribution in [0.3, 0.4) is 0 Å². The summed E-state index contributed by atoms with van der Waals surface area (Å²) < 4.78 is 10.5. The first kappa shape index (κ1) is 28.7. The molecule has 1 aliphatic heterocycles. The van der Waals surface area contributed by atoms with Crippen molar-refractivity contribution in [2.24, 2.45) is 4.99 Å². The molecule has 0 spiro atoms. The van der Waals surface area contributed by atoms with Crippen molar-refractivity contribution < 1.29 is 14.3 Å². The molecule has 2 heterocycles. The van der Waals surface area contributed by atoms with Gasteiger partial charge in [-0.1, -0.05) is 36.9 Å². The van der Waals surface area contributed by atoms with Crippen LogP contribution in [0.1, 0.15) is 24.5 Å². The number of aromatic nitrogens is 1. The van der Waals surface area contributed by atoms with Gasteiger partial charge in [-0.3, -0.25) is 10.3 Å². The Morgan fingerprint density at radius 3 is 2.65 bits per heavy atom. The number of nitrogens with zero attached hydrogens (tertiary/aromatic N) is 3. The van der Waals surface area contributed by atoms with E-state index < -0.39 is 6.09 Å². The summed E-state index contributed by atoms with van der Waals surface area (Å²) in [6.45, 7) is 8.25. The minimum absolute atomic E-state index is 0.322. The predicted octanol–water partition coefficient (Wildman–Crippen LogP) is 4.18.